The van der Waals surface area contributed by atoms with Crippen LogP contribution in [0.3, 0.4) is 0 Å². The number of hydrazine groups is 1. The van der Waals surface area contributed by atoms with Crippen LogP contribution in [0.1, 0.15) is 63.4 Å². The minimum Gasteiger partial charge on any atom is -0.481 e. The van der Waals surface area contributed by atoms with Crippen LogP contribution >= 0.6 is 0 Å². The first-order valence-electron chi connectivity index (χ1n) is 9.09. The summed E-state index contributed by atoms with van der Waals surface area (Å²) in [6.45, 7) is 10.1. The van der Waals surface area contributed by atoms with Gasteiger partial charge in [-0.15, -0.1) is 0 Å². The van der Waals surface area contributed by atoms with Gasteiger partial charge < -0.3 is 5.11 Å². The number of nitrogens with one attached hydrogen (secondary N) is 2. The topological polar surface area (TPSA) is 95.5 Å². The number of rotatable bonds is 3. The van der Waals surface area contributed by atoms with Crippen LogP contribution in [-0.4, -0.2) is 22.9 Å². The third-order valence-electron chi connectivity index (χ3n) is 5.23. The molecule has 2 atom stereocenters. The van der Waals surface area contributed by atoms with E-state index in [1.807, 2.05) is 26.0 Å². The van der Waals surface area contributed by atoms with E-state index in [0.29, 0.717) is 18.4 Å². The SMILES string of the molecule is CC1=C(C)C[C@H](C(=O)NNC(=O)c2ccc(C(C)(C)C)cc2)[C@@H](C(=O)O)C1. The number of carbonyl (C=O) groups excluding carboxylic acids is 2. The molecular weight excluding hydrogens is 344 g/mol. The Bertz CT molecular complexity index is 772. The highest BCUT2D eigenvalue weighted by Crippen LogP contribution is 2.34. The van der Waals surface area contributed by atoms with Crippen LogP contribution in [0, 0.1) is 11.8 Å². The molecule has 1 aromatic carbocycles. The monoisotopic (exact) mass is 372 g/mol. The van der Waals surface area contributed by atoms with E-state index in [-0.39, 0.29) is 5.41 Å². The lowest BCUT2D eigenvalue weighted by atomic mass is 9.76. The van der Waals surface area contributed by atoms with Crippen LogP contribution in [-0.2, 0) is 15.0 Å². The fourth-order valence-corrected chi connectivity index (χ4v) is 3.23. The zero-order valence-corrected chi connectivity index (χ0v) is 16.6. The summed E-state index contributed by atoms with van der Waals surface area (Å²) in [6, 6.07) is 7.18. The van der Waals surface area contributed by atoms with Crippen molar-refractivity contribution in [3.63, 3.8) is 0 Å². The van der Waals surface area contributed by atoms with Gasteiger partial charge in [-0.1, -0.05) is 44.1 Å². The molecule has 3 N–H and O–H groups in total. The van der Waals surface area contributed by atoms with Crippen molar-refractivity contribution >= 4 is 17.8 Å². The van der Waals surface area contributed by atoms with Crippen molar-refractivity contribution in [2.45, 2.75) is 52.9 Å². The van der Waals surface area contributed by atoms with Crippen LogP contribution in [0.15, 0.2) is 35.4 Å². The van der Waals surface area contributed by atoms with Crippen LogP contribution in [0.25, 0.3) is 0 Å². The molecule has 6 heteroatoms. The summed E-state index contributed by atoms with van der Waals surface area (Å²) in [4.78, 5) is 36.3. The van der Waals surface area contributed by atoms with Crippen molar-refractivity contribution in [3.05, 3.63) is 46.5 Å². The van der Waals surface area contributed by atoms with Gasteiger partial charge in [-0.25, -0.2) is 0 Å². The predicted molar refractivity (Wildman–Crippen MR) is 103 cm³/mol. The normalized spacial score (nSPS) is 20.2. The summed E-state index contributed by atoms with van der Waals surface area (Å²) in [7, 11) is 0. The first-order chi connectivity index (χ1) is 12.5. The lowest BCUT2D eigenvalue weighted by Gasteiger charge is -2.29. The van der Waals surface area contributed by atoms with Gasteiger partial charge >= 0.3 is 5.97 Å². The van der Waals surface area contributed by atoms with Gasteiger partial charge in [0.15, 0.2) is 0 Å². The summed E-state index contributed by atoms with van der Waals surface area (Å²) in [5, 5.41) is 9.42. The first-order valence-corrected chi connectivity index (χ1v) is 9.09. The molecule has 27 heavy (non-hydrogen) atoms. The lowest BCUT2D eigenvalue weighted by molar-refractivity contribution is -0.147. The molecule has 0 saturated heterocycles. The minimum absolute atomic E-state index is 0.0143. The predicted octanol–water partition coefficient (Wildman–Crippen LogP) is 3.19. The highest BCUT2D eigenvalue weighted by Gasteiger charge is 2.37. The largest absolute Gasteiger partial charge is 0.481 e. The molecule has 0 bridgehead atoms. The fourth-order valence-electron chi connectivity index (χ4n) is 3.23. The molecular formula is C21H28N2O4. The summed E-state index contributed by atoms with van der Waals surface area (Å²) in [5.41, 5.74) is 8.33. The molecule has 0 heterocycles. The van der Waals surface area contributed by atoms with E-state index in [1.165, 1.54) is 0 Å². The molecule has 0 aromatic heterocycles. The molecule has 1 aliphatic rings. The van der Waals surface area contributed by atoms with Crippen LogP contribution in [0.4, 0.5) is 0 Å². The maximum Gasteiger partial charge on any atom is 0.307 e. The zero-order chi connectivity index (χ0) is 20.4. The van der Waals surface area contributed by atoms with Crippen LogP contribution in [0.2, 0.25) is 0 Å². The van der Waals surface area contributed by atoms with Gasteiger partial charge in [0.2, 0.25) is 5.91 Å². The summed E-state index contributed by atoms with van der Waals surface area (Å²) < 4.78 is 0. The van der Waals surface area contributed by atoms with E-state index in [4.69, 9.17) is 0 Å². The minimum atomic E-state index is -0.994. The Morgan fingerprint density at radius 2 is 1.44 bits per heavy atom. The van der Waals surface area contributed by atoms with E-state index >= 15 is 0 Å². The average Bonchev–Trinajstić information content (AvgIpc) is 2.60. The van der Waals surface area contributed by atoms with Gasteiger partial charge in [0.05, 0.1) is 11.8 Å². The molecule has 0 spiro atoms. The third kappa shape index (κ3) is 4.96. The molecule has 6 nitrogen and oxygen atoms in total. The van der Waals surface area contributed by atoms with Gasteiger partial charge in [-0.2, -0.15) is 0 Å². The lowest BCUT2D eigenvalue weighted by Crippen LogP contribution is -2.48. The van der Waals surface area contributed by atoms with Gasteiger partial charge in [-0.05, 0) is 49.8 Å². The summed E-state index contributed by atoms with van der Waals surface area (Å²) in [5.74, 6) is -3.39. The van der Waals surface area contributed by atoms with Crippen LogP contribution in [0.5, 0.6) is 0 Å². The van der Waals surface area contributed by atoms with E-state index in [0.717, 1.165) is 16.7 Å². The van der Waals surface area contributed by atoms with Crippen LogP contribution < -0.4 is 10.9 Å². The number of benzene rings is 1. The maximum absolute atomic E-state index is 12.5. The molecule has 0 radical (unpaired) electrons. The summed E-state index contributed by atoms with van der Waals surface area (Å²) in [6.07, 6.45) is 0.728. The second kappa shape index (κ2) is 7.94. The summed E-state index contributed by atoms with van der Waals surface area (Å²) >= 11 is 0. The standard InChI is InChI=1S/C21H28N2O4/c1-12-10-16(17(20(26)27)11-13(12)2)19(25)23-22-18(24)14-6-8-15(9-7-14)21(3,4)5/h6-9,16-17H,10-11H2,1-5H3,(H,22,24)(H,23,25)(H,26,27)/t16-,17-/m0/s1. The Labute approximate surface area is 160 Å². The van der Waals surface area contributed by atoms with E-state index in [9.17, 15) is 19.5 Å². The number of carboxylic acids is 1. The fraction of sp³-hybridized carbons (Fsp3) is 0.476. The molecule has 0 unspecified atom stereocenters. The Balaban J connectivity index is 2.02. The third-order valence-corrected chi connectivity index (χ3v) is 5.23. The van der Waals surface area contributed by atoms with Crippen molar-refractivity contribution in [3.8, 4) is 0 Å². The molecule has 0 fully saturated rings. The molecule has 0 saturated carbocycles. The molecule has 1 aromatic rings. The molecule has 1 aliphatic carbocycles. The maximum atomic E-state index is 12.5. The first kappa shape index (κ1) is 20.7. The number of hydrogen-bond donors (Lipinski definition) is 3. The quantitative estimate of drug-likeness (QED) is 0.561. The Morgan fingerprint density at radius 3 is 1.93 bits per heavy atom. The van der Waals surface area contributed by atoms with Crippen molar-refractivity contribution in [2.24, 2.45) is 11.8 Å². The van der Waals surface area contributed by atoms with Gasteiger partial charge in [-0.3, -0.25) is 25.2 Å². The average molecular weight is 372 g/mol. The number of amides is 2. The second-order valence-corrected chi connectivity index (χ2v) is 8.29. The number of aliphatic carboxylic acids is 1. The molecule has 146 valence electrons. The Kier molecular flexibility index (Phi) is 6.08. The molecule has 0 aliphatic heterocycles. The number of hydrogen-bond acceptors (Lipinski definition) is 3. The van der Waals surface area contributed by atoms with Crippen molar-refractivity contribution in [1.82, 2.24) is 10.9 Å². The number of carbonyl (C=O) groups is 3. The zero-order valence-electron chi connectivity index (χ0n) is 16.6. The van der Waals surface area contributed by atoms with Gasteiger partial charge in [0.25, 0.3) is 5.91 Å². The molecule has 2 rings (SSSR count). The second-order valence-electron chi connectivity index (χ2n) is 8.29. The Hall–Kier alpha value is -2.63. The van der Waals surface area contributed by atoms with Gasteiger partial charge in [0, 0.05) is 5.56 Å². The smallest absolute Gasteiger partial charge is 0.307 e. The van der Waals surface area contributed by atoms with E-state index in [1.54, 1.807) is 12.1 Å². The van der Waals surface area contributed by atoms with Crippen molar-refractivity contribution in [1.29, 1.82) is 0 Å². The number of carboxylic acid groups (broad SMARTS) is 1. The van der Waals surface area contributed by atoms with E-state index in [2.05, 4.69) is 31.6 Å². The highest BCUT2D eigenvalue weighted by molar-refractivity contribution is 5.96. The highest BCUT2D eigenvalue weighted by atomic mass is 16.4. The Morgan fingerprint density at radius 1 is 0.926 bits per heavy atom. The van der Waals surface area contributed by atoms with E-state index < -0.39 is 29.6 Å². The molecule has 2 amide bonds. The number of allylic oxidation sites excluding steroid dienone is 2. The van der Waals surface area contributed by atoms with Gasteiger partial charge in [0.1, 0.15) is 0 Å². The van der Waals surface area contributed by atoms with Crippen molar-refractivity contribution < 1.29 is 19.5 Å². The van der Waals surface area contributed by atoms with Crippen molar-refractivity contribution in [2.75, 3.05) is 0 Å².